The second kappa shape index (κ2) is 6.78. The minimum absolute atomic E-state index is 1.38. The molecule has 1 fully saturated rings. The molecule has 12 heavy (non-hydrogen) atoms. The maximum absolute atomic E-state index is 2.39. The molecule has 1 aliphatic carbocycles. The summed E-state index contributed by atoms with van der Waals surface area (Å²) >= 11 is 0. The zero-order valence-electron chi connectivity index (χ0n) is 7.58. The molecule has 0 bridgehead atoms. The van der Waals surface area contributed by atoms with Gasteiger partial charge in [0.1, 0.15) is 0 Å². The molecular formula is C12H17+. The molecule has 0 N–H and O–H groups in total. The standard InChI is InChI=1S/C6H11.C6H6/c2*1-2-4-6-5-3-1/h1H,2-6H2;1-6H/q+1;. The summed E-state index contributed by atoms with van der Waals surface area (Å²) in [5, 5.41) is 0. The Morgan fingerprint density at radius 3 is 1.17 bits per heavy atom. The fourth-order valence-corrected chi connectivity index (χ4v) is 1.28. The van der Waals surface area contributed by atoms with Crippen molar-refractivity contribution in [3.63, 3.8) is 0 Å². The van der Waals surface area contributed by atoms with Crippen LogP contribution >= 0.6 is 0 Å². The largest absolute Gasteiger partial charge is 0.0875 e. The number of benzene rings is 1. The van der Waals surface area contributed by atoms with Crippen LogP contribution in [-0.4, -0.2) is 0 Å². The summed E-state index contributed by atoms with van der Waals surface area (Å²) in [6, 6.07) is 12.0. The van der Waals surface area contributed by atoms with Crippen molar-refractivity contribution in [3.8, 4) is 0 Å². The first-order valence-electron chi connectivity index (χ1n) is 4.82. The van der Waals surface area contributed by atoms with Gasteiger partial charge in [0.15, 0.2) is 0 Å². The van der Waals surface area contributed by atoms with Gasteiger partial charge in [0.25, 0.3) is 0 Å². The van der Waals surface area contributed by atoms with Gasteiger partial charge in [0, 0.05) is 0 Å². The van der Waals surface area contributed by atoms with Crippen LogP contribution in [0.3, 0.4) is 0 Å². The molecular weight excluding hydrogens is 144 g/mol. The van der Waals surface area contributed by atoms with Crippen LogP contribution in [0.15, 0.2) is 36.4 Å². The Hall–Kier alpha value is -0.910. The lowest BCUT2D eigenvalue weighted by Gasteiger charge is -1.97. The van der Waals surface area contributed by atoms with Gasteiger partial charge in [-0.2, -0.15) is 0 Å². The highest BCUT2D eigenvalue weighted by molar-refractivity contribution is 4.99. The van der Waals surface area contributed by atoms with E-state index in [1.807, 2.05) is 36.4 Å². The quantitative estimate of drug-likeness (QED) is 0.507. The summed E-state index contributed by atoms with van der Waals surface area (Å²) in [5.41, 5.74) is 0. The Balaban J connectivity index is 0.000000120. The third-order valence-electron chi connectivity index (χ3n) is 1.98. The van der Waals surface area contributed by atoms with Crippen molar-refractivity contribution in [1.29, 1.82) is 0 Å². The Bertz CT molecular complexity index is 124. The van der Waals surface area contributed by atoms with E-state index in [0.29, 0.717) is 0 Å². The average Bonchev–Trinajstić information content (AvgIpc) is 2.24. The monoisotopic (exact) mass is 161 g/mol. The normalized spacial score (nSPS) is 15.3. The smallest absolute Gasteiger partial charge is 0.0623 e. The summed E-state index contributed by atoms with van der Waals surface area (Å²) in [4.78, 5) is 0. The number of hydrogen-bond donors (Lipinski definition) is 0. The van der Waals surface area contributed by atoms with Crippen LogP contribution in [-0.2, 0) is 0 Å². The summed E-state index contributed by atoms with van der Waals surface area (Å²) < 4.78 is 0. The van der Waals surface area contributed by atoms with Crippen molar-refractivity contribution in [1.82, 2.24) is 0 Å². The van der Waals surface area contributed by atoms with Gasteiger partial charge in [0.2, 0.25) is 0 Å². The minimum Gasteiger partial charge on any atom is -0.0623 e. The summed E-state index contributed by atoms with van der Waals surface area (Å²) in [5.74, 6) is 0. The van der Waals surface area contributed by atoms with E-state index in [1.54, 1.807) is 0 Å². The molecule has 64 valence electrons. The highest BCUT2D eigenvalue weighted by Gasteiger charge is 2.04. The fourth-order valence-electron chi connectivity index (χ4n) is 1.28. The maximum Gasteiger partial charge on any atom is 0.0875 e. The molecule has 0 nitrogen and oxygen atoms in total. The van der Waals surface area contributed by atoms with Crippen LogP contribution in [0.5, 0.6) is 0 Å². The molecule has 0 heteroatoms. The van der Waals surface area contributed by atoms with E-state index in [0.717, 1.165) is 0 Å². The Morgan fingerprint density at radius 2 is 1.00 bits per heavy atom. The maximum atomic E-state index is 2.39. The lowest BCUT2D eigenvalue weighted by atomic mass is 10.0. The summed E-state index contributed by atoms with van der Waals surface area (Å²) in [6.07, 6.45) is 9.50. The Morgan fingerprint density at radius 1 is 0.583 bits per heavy atom. The molecule has 0 aliphatic heterocycles. The molecule has 0 unspecified atom stereocenters. The zero-order valence-corrected chi connectivity index (χ0v) is 7.58. The van der Waals surface area contributed by atoms with E-state index >= 15 is 0 Å². The molecule has 0 saturated heterocycles. The van der Waals surface area contributed by atoms with Gasteiger partial charge in [0.05, 0.1) is 19.3 Å². The van der Waals surface area contributed by atoms with Crippen molar-refractivity contribution < 1.29 is 0 Å². The van der Waals surface area contributed by atoms with Crippen LogP contribution in [0.1, 0.15) is 32.1 Å². The van der Waals surface area contributed by atoms with Crippen molar-refractivity contribution in [2.45, 2.75) is 32.1 Å². The van der Waals surface area contributed by atoms with E-state index in [-0.39, 0.29) is 0 Å². The molecule has 0 amide bonds. The van der Waals surface area contributed by atoms with Crippen LogP contribution in [0.2, 0.25) is 0 Å². The van der Waals surface area contributed by atoms with E-state index in [4.69, 9.17) is 0 Å². The lowest BCUT2D eigenvalue weighted by Crippen LogP contribution is -1.87. The topological polar surface area (TPSA) is 0 Å². The predicted molar refractivity (Wildman–Crippen MR) is 53.8 cm³/mol. The molecule has 0 spiro atoms. The minimum atomic E-state index is 1.38. The summed E-state index contributed by atoms with van der Waals surface area (Å²) in [6.45, 7) is 0. The Kier molecular flexibility index (Phi) is 5.19. The fraction of sp³-hybridized carbons (Fsp3) is 0.417. The number of rotatable bonds is 0. The molecule has 0 heterocycles. The highest BCUT2D eigenvalue weighted by atomic mass is 14.0. The third kappa shape index (κ3) is 4.84. The van der Waals surface area contributed by atoms with Crippen molar-refractivity contribution in [2.24, 2.45) is 0 Å². The van der Waals surface area contributed by atoms with Gasteiger partial charge in [-0.25, -0.2) is 0 Å². The SMILES string of the molecule is [CH+]1CCCCC1.c1ccccc1. The van der Waals surface area contributed by atoms with Gasteiger partial charge in [-0.15, -0.1) is 0 Å². The average molecular weight is 161 g/mol. The molecule has 1 saturated carbocycles. The molecule has 1 aromatic carbocycles. The molecule has 0 atom stereocenters. The van der Waals surface area contributed by atoms with E-state index in [2.05, 4.69) is 6.42 Å². The second-order valence-corrected chi connectivity index (χ2v) is 3.08. The molecule has 2 rings (SSSR count). The highest BCUT2D eigenvalue weighted by Crippen LogP contribution is 2.14. The third-order valence-corrected chi connectivity index (χ3v) is 1.98. The first kappa shape index (κ1) is 9.18. The zero-order chi connectivity index (χ0) is 8.49. The molecule has 1 aromatic rings. The van der Waals surface area contributed by atoms with E-state index in [9.17, 15) is 0 Å². The van der Waals surface area contributed by atoms with E-state index < -0.39 is 0 Å². The first-order chi connectivity index (χ1) is 6.00. The molecule has 1 aliphatic rings. The van der Waals surface area contributed by atoms with Crippen LogP contribution in [0, 0.1) is 6.42 Å². The second-order valence-electron chi connectivity index (χ2n) is 3.08. The Labute approximate surface area is 75.6 Å². The first-order valence-corrected chi connectivity index (χ1v) is 4.82. The van der Waals surface area contributed by atoms with Gasteiger partial charge in [-0.05, 0) is 19.3 Å². The summed E-state index contributed by atoms with van der Waals surface area (Å²) in [7, 11) is 0. The van der Waals surface area contributed by atoms with E-state index in [1.165, 1.54) is 32.1 Å². The molecule has 0 radical (unpaired) electrons. The predicted octanol–water partition coefficient (Wildman–Crippen LogP) is 3.84. The lowest BCUT2D eigenvalue weighted by molar-refractivity contribution is 0.593. The van der Waals surface area contributed by atoms with Crippen molar-refractivity contribution >= 4 is 0 Å². The van der Waals surface area contributed by atoms with Gasteiger partial charge >= 0.3 is 0 Å². The van der Waals surface area contributed by atoms with Crippen molar-refractivity contribution in [3.05, 3.63) is 42.8 Å². The van der Waals surface area contributed by atoms with Crippen molar-refractivity contribution in [2.75, 3.05) is 0 Å². The molecule has 0 aromatic heterocycles. The van der Waals surface area contributed by atoms with Crippen LogP contribution < -0.4 is 0 Å². The van der Waals surface area contributed by atoms with Gasteiger partial charge in [-0.1, -0.05) is 36.4 Å². The van der Waals surface area contributed by atoms with Crippen LogP contribution in [0.25, 0.3) is 0 Å². The number of hydrogen-bond acceptors (Lipinski definition) is 0. The van der Waals surface area contributed by atoms with Gasteiger partial charge < -0.3 is 0 Å². The van der Waals surface area contributed by atoms with Gasteiger partial charge in [-0.3, -0.25) is 0 Å². The van der Waals surface area contributed by atoms with Crippen LogP contribution in [0.4, 0.5) is 0 Å².